The van der Waals surface area contributed by atoms with Crippen molar-refractivity contribution in [3.63, 3.8) is 0 Å². The molecule has 0 spiro atoms. The monoisotopic (exact) mass is 300 g/mol. The maximum absolute atomic E-state index is 12.0. The minimum absolute atomic E-state index is 0.0989. The Morgan fingerprint density at radius 3 is 2.25 bits per heavy atom. The predicted octanol–water partition coefficient (Wildman–Crippen LogP) is 1.67. The second-order valence-corrected chi connectivity index (χ2v) is 6.66. The SMILES string of the molecule is CNC(C)c1ccc(S(=O)(=O)NCCOC(C)C)cc1. The summed E-state index contributed by atoms with van der Waals surface area (Å²) < 4.78 is 31.9. The highest BCUT2D eigenvalue weighted by atomic mass is 32.2. The topological polar surface area (TPSA) is 67.4 Å². The van der Waals surface area contributed by atoms with Crippen LogP contribution < -0.4 is 10.0 Å². The van der Waals surface area contributed by atoms with Crippen LogP contribution in [0.25, 0.3) is 0 Å². The van der Waals surface area contributed by atoms with Crippen LogP contribution in [0.4, 0.5) is 0 Å². The van der Waals surface area contributed by atoms with E-state index in [4.69, 9.17) is 4.74 Å². The van der Waals surface area contributed by atoms with Gasteiger partial charge in [0.1, 0.15) is 0 Å². The van der Waals surface area contributed by atoms with Crippen LogP contribution in [0.3, 0.4) is 0 Å². The number of nitrogens with one attached hydrogen (secondary N) is 2. The van der Waals surface area contributed by atoms with Gasteiger partial charge in [-0.25, -0.2) is 13.1 Å². The average Bonchev–Trinajstić information content (AvgIpc) is 2.43. The Morgan fingerprint density at radius 2 is 1.75 bits per heavy atom. The van der Waals surface area contributed by atoms with Gasteiger partial charge in [0.25, 0.3) is 0 Å². The fourth-order valence-electron chi connectivity index (χ4n) is 1.66. The van der Waals surface area contributed by atoms with Gasteiger partial charge in [0, 0.05) is 12.6 Å². The molecule has 0 aromatic heterocycles. The van der Waals surface area contributed by atoms with E-state index in [1.807, 2.05) is 40.0 Å². The van der Waals surface area contributed by atoms with E-state index in [0.29, 0.717) is 6.61 Å². The van der Waals surface area contributed by atoms with Crippen molar-refractivity contribution in [2.45, 2.75) is 37.8 Å². The predicted molar refractivity (Wildman–Crippen MR) is 80.2 cm³/mol. The molecule has 1 unspecified atom stereocenters. The molecule has 0 aliphatic heterocycles. The zero-order valence-corrected chi connectivity index (χ0v) is 13.3. The molecule has 1 atom stereocenters. The largest absolute Gasteiger partial charge is 0.377 e. The first kappa shape index (κ1) is 17.1. The molecule has 2 N–H and O–H groups in total. The first-order valence-corrected chi connectivity index (χ1v) is 8.23. The summed E-state index contributed by atoms with van der Waals surface area (Å²) in [5.74, 6) is 0. The van der Waals surface area contributed by atoms with Gasteiger partial charge in [-0.3, -0.25) is 0 Å². The van der Waals surface area contributed by atoms with E-state index in [-0.39, 0.29) is 23.6 Å². The molecular weight excluding hydrogens is 276 g/mol. The van der Waals surface area contributed by atoms with Crippen LogP contribution >= 0.6 is 0 Å². The lowest BCUT2D eigenvalue weighted by Gasteiger charge is -2.12. The van der Waals surface area contributed by atoms with Crippen molar-refractivity contribution < 1.29 is 13.2 Å². The molecule has 6 heteroatoms. The first-order valence-electron chi connectivity index (χ1n) is 6.75. The van der Waals surface area contributed by atoms with Crippen molar-refractivity contribution >= 4 is 10.0 Å². The molecular formula is C14H24N2O3S. The summed E-state index contributed by atoms with van der Waals surface area (Å²) in [4.78, 5) is 0.272. The van der Waals surface area contributed by atoms with E-state index < -0.39 is 10.0 Å². The van der Waals surface area contributed by atoms with Crippen molar-refractivity contribution in [3.05, 3.63) is 29.8 Å². The zero-order valence-electron chi connectivity index (χ0n) is 12.5. The molecule has 0 saturated carbocycles. The van der Waals surface area contributed by atoms with E-state index in [1.165, 1.54) is 0 Å². The van der Waals surface area contributed by atoms with Gasteiger partial charge < -0.3 is 10.1 Å². The molecule has 114 valence electrons. The number of hydrogen-bond donors (Lipinski definition) is 2. The second-order valence-electron chi connectivity index (χ2n) is 4.90. The van der Waals surface area contributed by atoms with E-state index in [2.05, 4.69) is 10.0 Å². The minimum Gasteiger partial charge on any atom is -0.377 e. The summed E-state index contributed by atoms with van der Waals surface area (Å²) in [5, 5.41) is 3.11. The Hall–Kier alpha value is -0.950. The van der Waals surface area contributed by atoms with Gasteiger partial charge in [0.15, 0.2) is 0 Å². The van der Waals surface area contributed by atoms with Crippen LogP contribution in [0, 0.1) is 0 Å². The molecule has 5 nitrogen and oxygen atoms in total. The van der Waals surface area contributed by atoms with Gasteiger partial charge in [-0.2, -0.15) is 0 Å². The second kappa shape index (κ2) is 7.73. The fourth-order valence-corrected chi connectivity index (χ4v) is 2.67. The molecule has 0 aliphatic rings. The standard InChI is InChI=1S/C14H24N2O3S/c1-11(2)19-10-9-16-20(17,18)14-7-5-13(6-8-14)12(3)15-4/h5-8,11-12,15-16H,9-10H2,1-4H3. The molecule has 0 heterocycles. The Balaban J connectivity index is 2.63. The molecule has 0 radical (unpaired) electrons. The molecule has 0 saturated heterocycles. The first-order chi connectivity index (χ1) is 9.36. The lowest BCUT2D eigenvalue weighted by atomic mass is 10.1. The van der Waals surface area contributed by atoms with E-state index in [9.17, 15) is 8.42 Å². The summed E-state index contributed by atoms with van der Waals surface area (Å²) >= 11 is 0. The van der Waals surface area contributed by atoms with Crippen molar-refractivity contribution in [3.8, 4) is 0 Å². The van der Waals surface area contributed by atoms with Gasteiger partial charge in [0.2, 0.25) is 10.0 Å². The van der Waals surface area contributed by atoms with E-state index in [1.54, 1.807) is 12.1 Å². The third-order valence-corrected chi connectivity index (χ3v) is 4.45. The Morgan fingerprint density at radius 1 is 1.15 bits per heavy atom. The van der Waals surface area contributed by atoms with Crippen LogP contribution in [0.15, 0.2) is 29.2 Å². The molecule has 1 aromatic rings. The van der Waals surface area contributed by atoms with Crippen LogP contribution in [0.5, 0.6) is 0 Å². The van der Waals surface area contributed by atoms with Gasteiger partial charge in [0.05, 0.1) is 17.6 Å². The third-order valence-electron chi connectivity index (χ3n) is 2.97. The summed E-state index contributed by atoms with van der Waals surface area (Å²) in [6, 6.07) is 7.07. The molecule has 0 amide bonds. The Kier molecular flexibility index (Phi) is 6.61. The number of hydrogen-bond acceptors (Lipinski definition) is 4. The highest BCUT2D eigenvalue weighted by molar-refractivity contribution is 7.89. The smallest absolute Gasteiger partial charge is 0.240 e. The molecule has 1 aromatic carbocycles. The van der Waals surface area contributed by atoms with Crippen LogP contribution in [-0.4, -0.2) is 34.7 Å². The maximum Gasteiger partial charge on any atom is 0.240 e. The highest BCUT2D eigenvalue weighted by Gasteiger charge is 2.13. The lowest BCUT2D eigenvalue weighted by Crippen LogP contribution is -2.28. The molecule has 0 aliphatic carbocycles. The van der Waals surface area contributed by atoms with Crippen molar-refractivity contribution in [1.29, 1.82) is 0 Å². The van der Waals surface area contributed by atoms with Crippen molar-refractivity contribution in [2.24, 2.45) is 0 Å². The molecule has 0 fully saturated rings. The number of rotatable bonds is 8. The fraction of sp³-hybridized carbons (Fsp3) is 0.571. The Labute approximate surface area is 121 Å². The molecule has 0 bridgehead atoms. The number of sulfonamides is 1. The van der Waals surface area contributed by atoms with Gasteiger partial charge in [-0.15, -0.1) is 0 Å². The lowest BCUT2D eigenvalue weighted by molar-refractivity contribution is 0.0834. The van der Waals surface area contributed by atoms with Crippen LogP contribution in [0.1, 0.15) is 32.4 Å². The normalized spacial score (nSPS) is 13.7. The minimum atomic E-state index is -3.46. The summed E-state index contributed by atoms with van der Waals surface area (Å²) in [6.45, 7) is 6.48. The van der Waals surface area contributed by atoms with Gasteiger partial charge >= 0.3 is 0 Å². The summed E-state index contributed by atoms with van der Waals surface area (Å²) in [6.07, 6.45) is 0.0989. The molecule has 20 heavy (non-hydrogen) atoms. The van der Waals surface area contributed by atoms with Crippen LogP contribution in [0.2, 0.25) is 0 Å². The van der Waals surface area contributed by atoms with E-state index >= 15 is 0 Å². The van der Waals surface area contributed by atoms with Gasteiger partial charge in [-0.1, -0.05) is 12.1 Å². The summed E-state index contributed by atoms with van der Waals surface area (Å²) in [7, 11) is -1.59. The zero-order chi connectivity index (χ0) is 15.2. The maximum atomic E-state index is 12.0. The van der Waals surface area contributed by atoms with E-state index in [0.717, 1.165) is 5.56 Å². The van der Waals surface area contributed by atoms with Gasteiger partial charge in [-0.05, 0) is 45.5 Å². The number of benzene rings is 1. The number of ether oxygens (including phenoxy) is 1. The molecule has 1 rings (SSSR count). The van der Waals surface area contributed by atoms with Crippen LogP contribution in [-0.2, 0) is 14.8 Å². The summed E-state index contributed by atoms with van der Waals surface area (Å²) in [5.41, 5.74) is 1.05. The average molecular weight is 300 g/mol. The highest BCUT2D eigenvalue weighted by Crippen LogP contribution is 2.15. The quantitative estimate of drug-likeness (QED) is 0.717. The third kappa shape index (κ3) is 5.20. The Bertz CT molecular complexity index is 498. The van der Waals surface area contributed by atoms with Crippen molar-refractivity contribution in [1.82, 2.24) is 10.0 Å². The van der Waals surface area contributed by atoms with Crippen molar-refractivity contribution in [2.75, 3.05) is 20.2 Å².